The minimum absolute atomic E-state index is 0.105. The topological polar surface area (TPSA) is 140 Å². The number of benzene rings is 9. The molecule has 0 bridgehead atoms. The zero-order valence-corrected chi connectivity index (χ0v) is 50.5. The summed E-state index contributed by atoms with van der Waals surface area (Å²) in [6.45, 7) is 8.37. The van der Waals surface area contributed by atoms with Crippen LogP contribution in [0.5, 0.6) is 17.2 Å². The highest BCUT2D eigenvalue weighted by atomic mass is 19.2. The van der Waals surface area contributed by atoms with Gasteiger partial charge in [0.05, 0.1) is 36.5 Å². The van der Waals surface area contributed by atoms with E-state index in [-0.39, 0.29) is 33.4 Å². The van der Waals surface area contributed by atoms with Crippen LogP contribution in [0, 0.1) is 34.9 Å². The Balaban J connectivity index is 0.000000192. The molecule has 468 valence electrons. The van der Waals surface area contributed by atoms with Crippen molar-refractivity contribution in [2.24, 2.45) is 0 Å². The van der Waals surface area contributed by atoms with Gasteiger partial charge in [0.25, 0.3) is 0 Å². The van der Waals surface area contributed by atoms with Crippen molar-refractivity contribution in [3.63, 3.8) is 0 Å². The Morgan fingerprint density at radius 1 is 0.289 bits per heavy atom. The zero-order valence-electron chi connectivity index (χ0n) is 50.5. The van der Waals surface area contributed by atoms with E-state index in [0.29, 0.717) is 81.4 Å². The first-order valence-electron chi connectivity index (χ1n) is 30.2. The molecule has 3 N–H and O–H groups in total. The van der Waals surface area contributed by atoms with Crippen LogP contribution in [-0.2, 0) is 0 Å². The Bertz CT molecular complexity index is 3830. The molecular weight excluding hydrogens is 1160 g/mol. The summed E-state index contributed by atoms with van der Waals surface area (Å²) in [4.78, 5) is 35.1. The second kappa shape index (κ2) is 34.2. The number of halogens is 6. The van der Waals surface area contributed by atoms with Gasteiger partial charge in [-0.05, 0) is 179 Å². The van der Waals surface area contributed by atoms with Gasteiger partial charge in [-0.1, -0.05) is 133 Å². The number of ether oxygens (including phenoxy) is 3. The molecule has 0 aliphatic rings. The van der Waals surface area contributed by atoms with E-state index in [0.717, 1.165) is 68.9 Å². The first-order chi connectivity index (χ1) is 43.5. The van der Waals surface area contributed by atoms with Crippen molar-refractivity contribution in [3.8, 4) is 84.0 Å². The first kappa shape index (κ1) is 67.9. The van der Waals surface area contributed by atoms with Gasteiger partial charge in [0.2, 0.25) is 0 Å². The number of unbranched alkanes of at least 4 members (excludes halogenated alkanes) is 9. The third kappa shape index (κ3) is 19.4. The first-order valence-corrected chi connectivity index (χ1v) is 30.2. The van der Waals surface area contributed by atoms with Crippen LogP contribution in [0.25, 0.3) is 66.8 Å². The fourth-order valence-corrected chi connectivity index (χ4v) is 9.93. The van der Waals surface area contributed by atoms with Crippen molar-refractivity contribution in [1.82, 2.24) is 0 Å². The average molecular weight is 1230 g/mol. The molecular formula is C75H72F6O9. The number of aromatic carboxylic acids is 3. The molecule has 90 heavy (non-hydrogen) atoms. The van der Waals surface area contributed by atoms with Gasteiger partial charge >= 0.3 is 17.9 Å². The van der Waals surface area contributed by atoms with Crippen molar-refractivity contribution < 1.29 is 70.3 Å². The normalized spacial score (nSPS) is 10.8. The van der Waals surface area contributed by atoms with E-state index in [1.165, 1.54) is 105 Å². The van der Waals surface area contributed by atoms with Gasteiger partial charge in [0, 0.05) is 34.9 Å². The summed E-state index contributed by atoms with van der Waals surface area (Å²) in [5, 5.41) is 28.7. The molecule has 15 heteroatoms. The largest absolute Gasteiger partial charge is 0.494 e. The number of carbonyl (C=O) groups is 3. The summed E-state index contributed by atoms with van der Waals surface area (Å²) >= 11 is 0. The van der Waals surface area contributed by atoms with Crippen LogP contribution in [0.1, 0.15) is 129 Å². The molecule has 0 fully saturated rings. The van der Waals surface area contributed by atoms with Gasteiger partial charge in [-0.3, -0.25) is 0 Å². The fourth-order valence-electron chi connectivity index (χ4n) is 9.93. The lowest BCUT2D eigenvalue weighted by Gasteiger charge is -2.12. The number of rotatable bonds is 27. The third-order valence-electron chi connectivity index (χ3n) is 14.8. The lowest BCUT2D eigenvalue weighted by atomic mass is 9.94. The lowest BCUT2D eigenvalue weighted by molar-refractivity contribution is 0.0687. The molecule has 0 heterocycles. The highest BCUT2D eigenvalue weighted by Crippen LogP contribution is 2.36. The summed E-state index contributed by atoms with van der Waals surface area (Å²) in [7, 11) is 0. The SMILES string of the molecule is CCCCCCCOc1ccc(-c2cc(-c3ccc(F)cc3F)ccc2C(=O)O)cc1.CCCCCCOc1ccc(-c2cc(-c3ccc(F)cc3F)ccc2C(=O)O)cc1.CCCCCOc1ccc(-c2cc(-c3ccc(F)cc3F)ccc2C(=O)O)cc1. The molecule has 0 spiro atoms. The van der Waals surface area contributed by atoms with Gasteiger partial charge in [-0.25, -0.2) is 40.7 Å². The van der Waals surface area contributed by atoms with Crippen LogP contribution in [0.15, 0.2) is 182 Å². The molecule has 0 atom stereocenters. The molecule has 9 aromatic carbocycles. The molecule has 0 amide bonds. The summed E-state index contributed by atoms with van der Waals surface area (Å²) in [5.41, 5.74) is 5.77. The Labute approximate surface area is 521 Å². The maximum Gasteiger partial charge on any atom is 0.336 e. The van der Waals surface area contributed by atoms with E-state index in [2.05, 4.69) is 20.8 Å². The van der Waals surface area contributed by atoms with Crippen molar-refractivity contribution in [3.05, 3.63) is 234 Å². The molecule has 0 saturated heterocycles. The zero-order chi connectivity index (χ0) is 64.5. The Morgan fingerprint density at radius 2 is 0.533 bits per heavy atom. The van der Waals surface area contributed by atoms with Crippen LogP contribution in [-0.4, -0.2) is 53.0 Å². The van der Waals surface area contributed by atoms with Crippen molar-refractivity contribution in [2.75, 3.05) is 19.8 Å². The number of hydrogen-bond donors (Lipinski definition) is 3. The van der Waals surface area contributed by atoms with E-state index in [4.69, 9.17) is 14.2 Å². The van der Waals surface area contributed by atoms with Gasteiger partial charge in [-0.2, -0.15) is 0 Å². The van der Waals surface area contributed by atoms with Gasteiger partial charge in [0.1, 0.15) is 52.2 Å². The van der Waals surface area contributed by atoms with Crippen molar-refractivity contribution in [2.45, 2.75) is 97.8 Å². The molecule has 0 aromatic heterocycles. The Morgan fingerprint density at radius 3 is 0.800 bits per heavy atom. The summed E-state index contributed by atoms with van der Waals surface area (Å²) < 4.78 is 99.5. The maximum absolute atomic E-state index is 14.2. The monoisotopic (exact) mass is 1230 g/mol. The minimum atomic E-state index is -1.08. The van der Waals surface area contributed by atoms with Gasteiger partial charge in [0.15, 0.2) is 0 Å². The quantitative estimate of drug-likeness (QED) is 0.0339. The molecule has 0 unspecified atom stereocenters. The highest BCUT2D eigenvalue weighted by Gasteiger charge is 2.19. The van der Waals surface area contributed by atoms with E-state index < -0.39 is 52.8 Å². The molecule has 0 saturated carbocycles. The fraction of sp³-hybridized carbons (Fsp3) is 0.240. The van der Waals surface area contributed by atoms with Crippen LogP contribution in [0.2, 0.25) is 0 Å². The molecule has 9 aromatic rings. The van der Waals surface area contributed by atoms with Crippen molar-refractivity contribution in [1.29, 1.82) is 0 Å². The average Bonchev–Trinajstić information content (AvgIpc) is 1.39. The Kier molecular flexibility index (Phi) is 25.8. The molecule has 0 aliphatic heterocycles. The summed E-state index contributed by atoms with van der Waals surface area (Å²) in [6.07, 6.45) is 13.5. The summed E-state index contributed by atoms with van der Waals surface area (Å²) in [6, 6.07) is 45.2. The van der Waals surface area contributed by atoms with Crippen LogP contribution in [0.4, 0.5) is 26.3 Å². The summed E-state index contributed by atoms with van der Waals surface area (Å²) in [5.74, 6) is -5.17. The van der Waals surface area contributed by atoms with Crippen molar-refractivity contribution >= 4 is 17.9 Å². The number of carboxylic acids is 3. The standard InChI is InChI=1S/C26H26F2O3.C25H24F2O3.C24H22F2O3/c1-2-3-4-5-6-15-31-21-11-7-18(8-12-21)24-16-19(9-13-23(24)26(29)30)22-14-10-20(27)17-25(22)28;1-2-3-4-5-14-30-20-10-6-17(7-11-20)23-15-18(8-12-22(23)25(28)29)21-13-9-19(26)16-24(21)27;1-2-3-4-13-29-19-9-5-16(6-10-19)22-14-17(7-11-21(22)24(27)28)20-12-8-18(25)15-23(20)26/h7-14,16-17H,2-6,15H2,1H3,(H,29,30);6-13,15-16H,2-5,14H2,1H3,(H,28,29);5-12,14-15H,2-4,13H2,1H3,(H,27,28). The molecule has 9 rings (SSSR count). The van der Waals surface area contributed by atoms with Gasteiger partial charge in [-0.15, -0.1) is 0 Å². The van der Waals surface area contributed by atoms with E-state index in [1.54, 1.807) is 91.0 Å². The number of hydrogen-bond acceptors (Lipinski definition) is 6. The number of carboxylic acid groups (broad SMARTS) is 3. The third-order valence-corrected chi connectivity index (χ3v) is 14.8. The predicted octanol–water partition coefficient (Wildman–Crippen LogP) is 20.9. The molecule has 9 nitrogen and oxygen atoms in total. The molecule has 0 aliphatic carbocycles. The smallest absolute Gasteiger partial charge is 0.336 e. The minimum Gasteiger partial charge on any atom is -0.494 e. The Hall–Kier alpha value is -9.63. The van der Waals surface area contributed by atoms with E-state index >= 15 is 0 Å². The second-order valence-electron chi connectivity index (χ2n) is 21.4. The second-order valence-corrected chi connectivity index (χ2v) is 21.4. The van der Waals surface area contributed by atoms with Crippen LogP contribution >= 0.6 is 0 Å². The van der Waals surface area contributed by atoms with Crippen LogP contribution in [0.3, 0.4) is 0 Å². The van der Waals surface area contributed by atoms with E-state index in [9.17, 15) is 56.0 Å². The van der Waals surface area contributed by atoms with Gasteiger partial charge < -0.3 is 29.5 Å². The van der Waals surface area contributed by atoms with Crippen LogP contribution < -0.4 is 14.2 Å². The lowest BCUT2D eigenvalue weighted by Crippen LogP contribution is -2.01. The predicted molar refractivity (Wildman–Crippen MR) is 341 cm³/mol. The maximum atomic E-state index is 14.2. The van der Waals surface area contributed by atoms with E-state index in [1.807, 2.05) is 0 Å². The molecule has 0 radical (unpaired) electrons. The highest BCUT2D eigenvalue weighted by molar-refractivity contribution is 5.99.